The summed E-state index contributed by atoms with van der Waals surface area (Å²) in [6.07, 6.45) is 2.38. The molecular weight excluding hydrogens is 316 g/mol. The molecule has 0 amide bonds. The molecule has 0 saturated heterocycles. The van der Waals surface area contributed by atoms with Gasteiger partial charge in [0.1, 0.15) is 0 Å². The number of rotatable bonds is 5. The molecule has 0 radical (unpaired) electrons. The Bertz CT molecular complexity index is 737. The number of nitrogens with two attached hydrogens (primary N) is 1. The average molecular weight is 333 g/mol. The van der Waals surface area contributed by atoms with Crippen LogP contribution < -0.4 is 5.73 Å². The molecule has 0 saturated carbocycles. The summed E-state index contributed by atoms with van der Waals surface area (Å²) in [7, 11) is -1.40. The normalized spacial score (nSPS) is 14.1. The van der Waals surface area contributed by atoms with Crippen LogP contribution in [0.3, 0.4) is 0 Å². The molecule has 0 aromatic heterocycles. The van der Waals surface area contributed by atoms with Crippen molar-refractivity contribution in [2.24, 2.45) is 5.73 Å². The van der Waals surface area contributed by atoms with Crippen LogP contribution in [0.1, 0.15) is 11.1 Å². The number of hydrogen-bond donors (Lipinski definition) is 1. The van der Waals surface area contributed by atoms with E-state index in [1.807, 2.05) is 19.1 Å². The quantitative estimate of drug-likeness (QED) is 0.831. The second-order valence-corrected chi connectivity index (χ2v) is 6.34. The van der Waals surface area contributed by atoms with Gasteiger partial charge in [-0.25, -0.2) is 4.21 Å². The lowest BCUT2D eigenvalue weighted by Crippen LogP contribution is -2.22. The molecule has 5 heteroatoms. The van der Waals surface area contributed by atoms with Crippen molar-refractivity contribution in [3.63, 3.8) is 0 Å². The van der Waals surface area contributed by atoms with Crippen LogP contribution in [0.5, 0.6) is 0 Å². The van der Waals surface area contributed by atoms with Crippen LogP contribution >= 0.6 is 0 Å². The minimum absolute atomic E-state index is 0.179. The third-order valence-corrected chi connectivity index (χ3v) is 4.37. The average Bonchev–Trinajstić information content (AvgIpc) is 2.56. The van der Waals surface area contributed by atoms with Crippen LogP contribution in [0.15, 0.2) is 82.7 Å². The molecule has 1 unspecified atom stereocenters. The summed E-state index contributed by atoms with van der Waals surface area (Å²) in [6.45, 7) is 1.93. The topological polar surface area (TPSA) is 43.1 Å². The van der Waals surface area contributed by atoms with Crippen LogP contribution in [0, 0.1) is 6.92 Å². The van der Waals surface area contributed by atoms with Crippen molar-refractivity contribution in [1.29, 1.82) is 0 Å². The lowest BCUT2D eigenvalue weighted by molar-refractivity contribution is 0.0363. The predicted molar refractivity (Wildman–Crippen MR) is 89.3 cm³/mol. The number of halogens is 2. The van der Waals surface area contributed by atoms with Crippen LogP contribution in [0.4, 0.5) is 8.78 Å². The van der Waals surface area contributed by atoms with E-state index in [4.69, 9.17) is 5.73 Å². The number of benzene rings is 2. The largest absolute Gasteiger partial charge is 0.397 e. The Morgan fingerprint density at radius 2 is 1.70 bits per heavy atom. The molecule has 0 aliphatic carbocycles. The molecule has 2 rings (SSSR count). The molecule has 2 aromatic carbocycles. The lowest BCUT2D eigenvalue weighted by atomic mass is 10.1. The summed E-state index contributed by atoms with van der Waals surface area (Å²) >= 11 is 0. The van der Waals surface area contributed by atoms with Gasteiger partial charge in [0.2, 0.25) is 0 Å². The monoisotopic (exact) mass is 333 g/mol. The molecule has 0 bridgehead atoms. The number of hydrogen-bond acceptors (Lipinski definition) is 2. The molecule has 120 valence electrons. The predicted octanol–water partition coefficient (Wildman–Crippen LogP) is 4.25. The van der Waals surface area contributed by atoms with Crippen LogP contribution in [-0.2, 0) is 16.7 Å². The summed E-state index contributed by atoms with van der Waals surface area (Å²) in [4.78, 5) is 0.605. The second kappa shape index (κ2) is 7.33. The molecule has 0 spiro atoms. The molecule has 2 aromatic rings. The van der Waals surface area contributed by atoms with Gasteiger partial charge in [-0.1, -0.05) is 54.1 Å². The zero-order valence-corrected chi connectivity index (χ0v) is 13.4. The number of aryl methyl sites for hydroxylation is 1. The Labute approximate surface area is 136 Å². The number of alkyl halides is 2. The van der Waals surface area contributed by atoms with Crippen LogP contribution in [-0.4, -0.2) is 4.21 Å². The van der Waals surface area contributed by atoms with E-state index in [0.29, 0.717) is 4.90 Å². The van der Waals surface area contributed by atoms with E-state index in [9.17, 15) is 13.0 Å². The Morgan fingerprint density at radius 1 is 1.09 bits per heavy atom. The fourth-order valence-corrected chi connectivity index (χ4v) is 2.67. The summed E-state index contributed by atoms with van der Waals surface area (Å²) in [5.74, 6) is -3.27. The first-order chi connectivity index (χ1) is 10.9. The van der Waals surface area contributed by atoms with E-state index in [2.05, 4.69) is 0 Å². The zero-order valence-electron chi connectivity index (χ0n) is 12.6. The highest BCUT2D eigenvalue weighted by Crippen LogP contribution is 2.32. The first kappa shape index (κ1) is 17.1. The van der Waals surface area contributed by atoms with Gasteiger partial charge in [-0.2, -0.15) is 8.78 Å². The van der Waals surface area contributed by atoms with Crippen molar-refractivity contribution < 1.29 is 13.0 Å². The summed E-state index contributed by atoms with van der Waals surface area (Å²) < 4.78 is 40.3. The lowest BCUT2D eigenvalue weighted by Gasteiger charge is -2.16. The van der Waals surface area contributed by atoms with Crippen molar-refractivity contribution >= 4 is 10.8 Å². The van der Waals surface area contributed by atoms with Gasteiger partial charge in [-0.05, 0) is 25.1 Å². The maximum atomic E-state index is 14.1. The standard InChI is InChI=1S/C18H17F2NOS/c1-14-9-11-16(12-10-14)23(22)13-5-8-17(21)18(19,20)15-6-3-2-4-7-15/h2-13H,21H2,1H3/b13-5+,17-8-. The first-order valence-corrected chi connectivity index (χ1v) is 8.17. The maximum absolute atomic E-state index is 14.1. The van der Waals surface area contributed by atoms with Gasteiger partial charge >= 0.3 is 5.92 Å². The summed E-state index contributed by atoms with van der Waals surface area (Å²) in [5, 5.41) is 1.33. The van der Waals surface area contributed by atoms with E-state index >= 15 is 0 Å². The highest BCUT2D eigenvalue weighted by molar-refractivity contribution is 7.88. The van der Waals surface area contributed by atoms with E-state index in [1.165, 1.54) is 35.7 Å². The molecule has 2 nitrogen and oxygen atoms in total. The van der Waals surface area contributed by atoms with Gasteiger partial charge in [0.05, 0.1) is 16.5 Å². The summed E-state index contributed by atoms with van der Waals surface area (Å²) in [5.41, 5.74) is 5.77. The molecule has 0 aliphatic rings. The van der Waals surface area contributed by atoms with Crippen LogP contribution in [0.2, 0.25) is 0 Å². The fraction of sp³-hybridized carbons (Fsp3) is 0.111. The Hall–Kier alpha value is -2.27. The Balaban J connectivity index is 2.12. The van der Waals surface area contributed by atoms with Crippen molar-refractivity contribution in [2.45, 2.75) is 17.7 Å². The molecule has 0 heterocycles. The molecule has 2 N–H and O–H groups in total. The van der Waals surface area contributed by atoms with E-state index < -0.39 is 22.4 Å². The van der Waals surface area contributed by atoms with Crippen molar-refractivity contribution in [1.82, 2.24) is 0 Å². The third-order valence-electron chi connectivity index (χ3n) is 3.23. The van der Waals surface area contributed by atoms with Crippen molar-refractivity contribution in [3.05, 3.63) is 89.0 Å². The minimum atomic E-state index is -3.27. The molecular formula is C18H17F2NOS. The van der Waals surface area contributed by atoms with Crippen molar-refractivity contribution in [3.8, 4) is 0 Å². The van der Waals surface area contributed by atoms with Gasteiger partial charge in [-0.15, -0.1) is 0 Å². The van der Waals surface area contributed by atoms with Gasteiger partial charge in [0.25, 0.3) is 0 Å². The smallest absolute Gasteiger partial charge is 0.312 e. The molecule has 0 fully saturated rings. The summed E-state index contributed by atoms with van der Waals surface area (Å²) in [6, 6.07) is 14.5. The van der Waals surface area contributed by atoms with Crippen molar-refractivity contribution in [2.75, 3.05) is 0 Å². The van der Waals surface area contributed by atoms with Crippen LogP contribution in [0.25, 0.3) is 0 Å². The second-order valence-electron chi connectivity index (χ2n) is 5.00. The van der Waals surface area contributed by atoms with Gasteiger partial charge < -0.3 is 5.73 Å². The fourth-order valence-electron chi connectivity index (χ4n) is 1.88. The highest BCUT2D eigenvalue weighted by atomic mass is 32.2. The highest BCUT2D eigenvalue weighted by Gasteiger charge is 2.34. The molecule has 23 heavy (non-hydrogen) atoms. The Morgan fingerprint density at radius 3 is 2.30 bits per heavy atom. The first-order valence-electron chi connectivity index (χ1n) is 6.96. The zero-order chi connectivity index (χ0) is 16.9. The van der Waals surface area contributed by atoms with E-state index in [0.717, 1.165) is 11.6 Å². The number of allylic oxidation sites excluding steroid dienone is 3. The molecule has 0 aliphatic heterocycles. The van der Waals surface area contributed by atoms with E-state index in [1.54, 1.807) is 18.2 Å². The van der Waals surface area contributed by atoms with Gasteiger partial charge in [0, 0.05) is 15.9 Å². The maximum Gasteiger partial charge on any atom is 0.312 e. The minimum Gasteiger partial charge on any atom is -0.397 e. The third kappa shape index (κ3) is 4.36. The van der Waals surface area contributed by atoms with Gasteiger partial charge in [0.15, 0.2) is 0 Å². The Kier molecular flexibility index (Phi) is 5.45. The SMILES string of the molecule is Cc1ccc(S(=O)/C=C/C=C(\N)C(F)(F)c2ccccc2)cc1. The van der Waals surface area contributed by atoms with Gasteiger partial charge in [-0.3, -0.25) is 0 Å². The molecule has 1 atom stereocenters. The van der Waals surface area contributed by atoms with E-state index in [-0.39, 0.29) is 5.56 Å².